The molecular weight excluding hydrogens is 220 g/mol. The Morgan fingerprint density at radius 3 is 2.71 bits per heavy atom. The van der Waals surface area contributed by atoms with E-state index in [2.05, 4.69) is 20.5 Å². The number of nitrogens with zero attached hydrogens (tertiary/aromatic N) is 2. The SMILES string of the molecule is COc1n[nH]c(NC(=O)C2C3CCCCC32)n1. The number of carbonyl (C=O) groups excluding carboxylic acids is 1. The number of carbonyl (C=O) groups is 1. The van der Waals surface area contributed by atoms with Crippen LogP contribution >= 0.6 is 0 Å². The molecule has 17 heavy (non-hydrogen) atoms. The highest BCUT2D eigenvalue weighted by atomic mass is 16.5. The molecule has 3 rings (SSSR count). The van der Waals surface area contributed by atoms with Gasteiger partial charge in [0.15, 0.2) is 0 Å². The van der Waals surface area contributed by atoms with Crippen molar-refractivity contribution in [2.24, 2.45) is 17.8 Å². The molecule has 2 atom stereocenters. The van der Waals surface area contributed by atoms with Gasteiger partial charge in [0.25, 0.3) is 0 Å². The molecule has 92 valence electrons. The van der Waals surface area contributed by atoms with Crippen molar-refractivity contribution in [2.45, 2.75) is 25.7 Å². The van der Waals surface area contributed by atoms with Crippen LogP contribution in [0.4, 0.5) is 5.95 Å². The molecule has 0 saturated heterocycles. The first kappa shape index (κ1) is 10.6. The molecule has 0 bridgehead atoms. The highest BCUT2D eigenvalue weighted by Gasteiger charge is 2.54. The molecular formula is C11H16N4O2. The minimum Gasteiger partial charge on any atom is -0.466 e. The van der Waals surface area contributed by atoms with Crippen molar-refractivity contribution in [1.82, 2.24) is 15.2 Å². The van der Waals surface area contributed by atoms with Crippen molar-refractivity contribution in [3.8, 4) is 6.01 Å². The number of fused-ring (bicyclic) bond motifs is 1. The zero-order chi connectivity index (χ0) is 11.8. The molecule has 2 aliphatic rings. The van der Waals surface area contributed by atoms with Gasteiger partial charge in [0.2, 0.25) is 11.9 Å². The molecule has 1 amide bonds. The van der Waals surface area contributed by atoms with Gasteiger partial charge < -0.3 is 4.74 Å². The number of hydrogen-bond acceptors (Lipinski definition) is 4. The fraction of sp³-hybridized carbons (Fsp3) is 0.727. The summed E-state index contributed by atoms with van der Waals surface area (Å²) in [7, 11) is 1.49. The van der Waals surface area contributed by atoms with E-state index in [-0.39, 0.29) is 17.8 Å². The molecule has 1 aromatic rings. The van der Waals surface area contributed by atoms with Gasteiger partial charge in [-0.25, -0.2) is 5.10 Å². The summed E-state index contributed by atoms with van der Waals surface area (Å²) in [5.41, 5.74) is 0. The van der Waals surface area contributed by atoms with E-state index in [1.165, 1.54) is 32.8 Å². The molecule has 0 aromatic carbocycles. The van der Waals surface area contributed by atoms with E-state index in [4.69, 9.17) is 4.74 Å². The lowest BCUT2D eigenvalue weighted by atomic mass is 10.0. The quantitative estimate of drug-likeness (QED) is 0.826. The average Bonchev–Trinajstić information content (AvgIpc) is 2.92. The van der Waals surface area contributed by atoms with E-state index in [0.717, 1.165) is 0 Å². The normalized spacial score (nSPS) is 30.5. The van der Waals surface area contributed by atoms with Crippen LogP contribution in [0.1, 0.15) is 25.7 Å². The summed E-state index contributed by atoms with van der Waals surface area (Å²) in [5, 5.41) is 9.19. The summed E-state index contributed by atoms with van der Waals surface area (Å²) in [5.74, 6) is 1.84. The Hall–Kier alpha value is -1.59. The zero-order valence-electron chi connectivity index (χ0n) is 9.77. The van der Waals surface area contributed by atoms with Gasteiger partial charge >= 0.3 is 6.01 Å². The Morgan fingerprint density at radius 1 is 1.41 bits per heavy atom. The number of H-pyrrole nitrogens is 1. The van der Waals surface area contributed by atoms with Crippen molar-refractivity contribution in [2.75, 3.05) is 12.4 Å². The van der Waals surface area contributed by atoms with Crippen LogP contribution in [0.5, 0.6) is 6.01 Å². The van der Waals surface area contributed by atoms with Crippen molar-refractivity contribution in [3.05, 3.63) is 0 Å². The van der Waals surface area contributed by atoms with Crippen LogP contribution < -0.4 is 10.1 Å². The number of amides is 1. The zero-order valence-corrected chi connectivity index (χ0v) is 9.77. The van der Waals surface area contributed by atoms with Crippen LogP contribution in [0.25, 0.3) is 0 Å². The molecule has 2 unspecified atom stereocenters. The number of anilines is 1. The summed E-state index contributed by atoms with van der Waals surface area (Å²) >= 11 is 0. The molecule has 6 nitrogen and oxygen atoms in total. The lowest BCUT2D eigenvalue weighted by molar-refractivity contribution is -0.117. The first-order valence-corrected chi connectivity index (χ1v) is 6.07. The van der Waals surface area contributed by atoms with E-state index in [9.17, 15) is 4.79 Å². The Bertz CT molecular complexity index is 419. The van der Waals surface area contributed by atoms with Crippen LogP contribution in [0.15, 0.2) is 0 Å². The topological polar surface area (TPSA) is 79.9 Å². The first-order valence-electron chi connectivity index (χ1n) is 6.07. The molecule has 0 spiro atoms. The van der Waals surface area contributed by atoms with Gasteiger partial charge in [-0.15, -0.1) is 5.10 Å². The largest absolute Gasteiger partial charge is 0.466 e. The van der Waals surface area contributed by atoms with Gasteiger partial charge in [-0.2, -0.15) is 4.98 Å². The van der Waals surface area contributed by atoms with Crippen molar-refractivity contribution < 1.29 is 9.53 Å². The highest BCUT2D eigenvalue weighted by molar-refractivity contribution is 5.93. The standard InChI is InChI=1S/C11H16N4O2/c1-17-11-13-10(14-15-11)12-9(16)8-6-4-2-3-5-7(6)8/h6-8H,2-5H2,1H3,(H2,12,13,14,15,16). The van der Waals surface area contributed by atoms with E-state index in [0.29, 0.717) is 17.8 Å². The number of aromatic nitrogens is 3. The van der Waals surface area contributed by atoms with Crippen LogP contribution in [-0.2, 0) is 4.79 Å². The lowest BCUT2D eigenvalue weighted by Gasteiger charge is -2.04. The highest BCUT2D eigenvalue weighted by Crippen LogP contribution is 2.55. The Kier molecular flexibility index (Phi) is 2.49. The molecule has 2 fully saturated rings. The fourth-order valence-electron chi connectivity index (χ4n) is 2.97. The van der Waals surface area contributed by atoms with Gasteiger partial charge in [-0.1, -0.05) is 12.8 Å². The third-order valence-corrected chi connectivity index (χ3v) is 3.85. The van der Waals surface area contributed by atoms with Crippen LogP contribution in [0.2, 0.25) is 0 Å². The Balaban J connectivity index is 1.60. The predicted molar refractivity (Wildman–Crippen MR) is 60.5 cm³/mol. The summed E-state index contributed by atoms with van der Waals surface area (Å²) in [6.45, 7) is 0. The number of nitrogens with one attached hydrogen (secondary N) is 2. The number of ether oxygens (including phenoxy) is 1. The minimum absolute atomic E-state index is 0.0701. The summed E-state index contributed by atoms with van der Waals surface area (Å²) in [4.78, 5) is 16.0. The average molecular weight is 236 g/mol. The molecule has 2 aliphatic carbocycles. The molecule has 0 aliphatic heterocycles. The summed E-state index contributed by atoms with van der Waals surface area (Å²) < 4.78 is 4.84. The molecule has 2 saturated carbocycles. The van der Waals surface area contributed by atoms with Gasteiger partial charge in [0.1, 0.15) is 0 Å². The van der Waals surface area contributed by atoms with Crippen molar-refractivity contribution in [1.29, 1.82) is 0 Å². The number of methoxy groups -OCH3 is 1. The van der Waals surface area contributed by atoms with E-state index in [1.807, 2.05) is 0 Å². The smallest absolute Gasteiger partial charge is 0.336 e. The minimum atomic E-state index is 0.0701. The number of hydrogen-bond donors (Lipinski definition) is 2. The summed E-state index contributed by atoms with van der Waals surface area (Å²) in [6, 6.07) is 0.244. The second kappa shape index (κ2) is 4.01. The van der Waals surface area contributed by atoms with Crippen molar-refractivity contribution >= 4 is 11.9 Å². The maximum atomic E-state index is 12.0. The monoisotopic (exact) mass is 236 g/mol. The van der Waals surface area contributed by atoms with Gasteiger partial charge in [-0.3, -0.25) is 10.1 Å². The van der Waals surface area contributed by atoms with Gasteiger partial charge in [0, 0.05) is 5.92 Å². The van der Waals surface area contributed by atoms with E-state index in [1.54, 1.807) is 0 Å². The Labute approximate surface area is 99.1 Å². The molecule has 6 heteroatoms. The van der Waals surface area contributed by atoms with E-state index >= 15 is 0 Å². The second-order valence-electron chi connectivity index (χ2n) is 4.80. The van der Waals surface area contributed by atoms with E-state index < -0.39 is 0 Å². The third kappa shape index (κ3) is 1.87. The number of aromatic amines is 1. The maximum Gasteiger partial charge on any atom is 0.336 e. The molecule has 1 heterocycles. The first-order chi connectivity index (χ1) is 8.29. The summed E-state index contributed by atoms with van der Waals surface area (Å²) in [6.07, 6.45) is 4.92. The lowest BCUT2D eigenvalue weighted by Crippen LogP contribution is -2.16. The maximum absolute atomic E-state index is 12.0. The predicted octanol–water partition coefficient (Wildman–Crippen LogP) is 1.19. The van der Waals surface area contributed by atoms with Gasteiger partial charge in [0.05, 0.1) is 7.11 Å². The number of rotatable bonds is 3. The third-order valence-electron chi connectivity index (χ3n) is 3.85. The fourth-order valence-corrected chi connectivity index (χ4v) is 2.97. The molecule has 1 aromatic heterocycles. The van der Waals surface area contributed by atoms with Crippen LogP contribution in [-0.4, -0.2) is 28.2 Å². The molecule has 0 radical (unpaired) electrons. The molecule has 2 N–H and O–H groups in total. The van der Waals surface area contributed by atoms with Crippen LogP contribution in [0, 0.1) is 17.8 Å². The Morgan fingerprint density at radius 2 is 2.12 bits per heavy atom. The van der Waals surface area contributed by atoms with Crippen LogP contribution in [0.3, 0.4) is 0 Å². The van der Waals surface area contributed by atoms with Gasteiger partial charge in [-0.05, 0) is 24.7 Å². The van der Waals surface area contributed by atoms with Crippen molar-refractivity contribution in [3.63, 3.8) is 0 Å². The second-order valence-corrected chi connectivity index (χ2v) is 4.80.